The number of aromatic amines is 1. The van der Waals surface area contributed by atoms with E-state index in [4.69, 9.17) is 4.74 Å². The third kappa shape index (κ3) is 4.17. The molecule has 5 nitrogen and oxygen atoms in total. The molecule has 1 aromatic heterocycles. The van der Waals surface area contributed by atoms with Crippen molar-refractivity contribution in [3.05, 3.63) is 102 Å². The van der Waals surface area contributed by atoms with Gasteiger partial charge in [0, 0.05) is 17.7 Å². The summed E-state index contributed by atoms with van der Waals surface area (Å²) in [7, 11) is 0. The number of nitrogens with zero attached hydrogens (tertiary/aromatic N) is 1. The Morgan fingerprint density at radius 3 is 2.27 bits per heavy atom. The zero-order valence-corrected chi connectivity index (χ0v) is 17.8. The number of aryl methyl sites for hydroxylation is 2. The van der Waals surface area contributed by atoms with Gasteiger partial charge in [-0.3, -0.25) is 14.3 Å². The molecule has 0 radical (unpaired) electrons. The summed E-state index contributed by atoms with van der Waals surface area (Å²) in [5, 5.41) is 0. The van der Waals surface area contributed by atoms with Gasteiger partial charge in [0.1, 0.15) is 6.73 Å². The lowest BCUT2D eigenvalue weighted by molar-refractivity contribution is 0.00961. The summed E-state index contributed by atoms with van der Waals surface area (Å²) in [5.41, 5.74) is 6.72. The summed E-state index contributed by atoms with van der Waals surface area (Å²) in [6, 6.07) is 14.7. The molecule has 0 saturated heterocycles. The van der Waals surface area contributed by atoms with Crippen molar-refractivity contribution in [2.24, 2.45) is 0 Å². The molecule has 3 aromatic rings. The van der Waals surface area contributed by atoms with Gasteiger partial charge >= 0.3 is 5.69 Å². The third-order valence-electron chi connectivity index (χ3n) is 5.87. The van der Waals surface area contributed by atoms with E-state index in [9.17, 15) is 9.59 Å². The minimum absolute atomic E-state index is 0.0420. The van der Waals surface area contributed by atoms with E-state index in [0.29, 0.717) is 18.4 Å². The second-order valence-corrected chi connectivity index (χ2v) is 8.23. The van der Waals surface area contributed by atoms with Crippen LogP contribution in [0, 0.1) is 13.8 Å². The van der Waals surface area contributed by atoms with Gasteiger partial charge in [0.2, 0.25) is 0 Å². The summed E-state index contributed by atoms with van der Waals surface area (Å²) in [6.45, 7) is 6.20. The van der Waals surface area contributed by atoms with Crippen LogP contribution in [0.25, 0.3) is 0 Å². The van der Waals surface area contributed by atoms with Gasteiger partial charge in [-0.1, -0.05) is 60.5 Å². The third-order valence-corrected chi connectivity index (χ3v) is 5.87. The zero-order valence-electron chi connectivity index (χ0n) is 17.8. The number of aromatic nitrogens is 2. The van der Waals surface area contributed by atoms with Crippen molar-refractivity contribution in [2.45, 2.75) is 59.3 Å². The molecule has 0 aliphatic heterocycles. The fraction of sp³-hybridized carbons (Fsp3) is 0.360. The van der Waals surface area contributed by atoms with Crippen molar-refractivity contribution in [2.75, 3.05) is 0 Å². The van der Waals surface area contributed by atoms with Crippen LogP contribution >= 0.6 is 0 Å². The number of hydrogen-bond donors (Lipinski definition) is 1. The van der Waals surface area contributed by atoms with E-state index in [2.05, 4.69) is 49.2 Å². The van der Waals surface area contributed by atoms with Crippen LogP contribution in [0.2, 0.25) is 0 Å². The van der Waals surface area contributed by atoms with Gasteiger partial charge < -0.3 is 4.74 Å². The molecule has 0 unspecified atom stereocenters. The highest BCUT2D eigenvalue weighted by Crippen LogP contribution is 2.24. The van der Waals surface area contributed by atoms with Gasteiger partial charge in [-0.05, 0) is 49.8 Å². The Balaban J connectivity index is 1.64. The molecule has 1 aliphatic rings. The van der Waals surface area contributed by atoms with Gasteiger partial charge in [-0.25, -0.2) is 4.79 Å². The largest absolute Gasteiger partial charge is 0.357 e. The first-order chi connectivity index (χ1) is 14.4. The molecule has 1 aliphatic carbocycles. The maximum atomic E-state index is 12.7. The Morgan fingerprint density at radius 1 is 1.03 bits per heavy atom. The van der Waals surface area contributed by atoms with Crippen LogP contribution in [0.15, 0.2) is 52.1 Å². The summed E-state index contributed by atoms with van der Waals surface area (Å²) in [6.07, 6.45) is 2.83. The molecule has 5 heteroatoms. The van der Waals surface area contributed by atoms with Crippen LogP contribution in [-0.4, -0.2) is 15.7 Å². The Hall–Kier alpha value is -2.92. The number of benzene rings is 2. The first kappa shape index (κ1) is 20.4. The van der Waals surface area contributed by atoms with Crippen molar-refractivity contribution in [3.63, 3.8) is 0 Å². The molecule has 0 spiro atoms. The van der Waals surface area contributed by atoms with Gasteiger partial charge in [-0.15, -0.1) is 0 Å². The Morgan fingerprint density at radius 2 is 1.67 bits per heavy atom. The van der Waals surface area contributed by atoms with Crippen molar-refractivity contribution < 1.29 is 4.74 Å². The summed E-state index contributed by atoms with van der Waals surface area (Å²) >= 11 is 0. The van der Waals surface area contributed by atoms with Crippen molar-refractivity contribution in [1.82, 2.24) is 9.55 Å². The summed E-state index contributed by atoms with van der Waals surface area (Å²) in [4.78, 5) is 27.6. The number of H-pyrrole nitrogens is 1. The molecule has 0 saturated carbocycles. The van der Waals surface area contributed by atoms with E-state index in [1.807, 2.05) is 19.1 Å². The molecule has 2 aromatic carbocycles. The Bertz CT molecular complexity index is 1140. The van der Waals surface area contributed by atoms with Crippen molar-refractivity contribution in [3.8, 4) is 0 Å². The van der Waals surface area contributed by atoms with Gasteiger partial charge in [0.15, 0.2) is 0 Å². The first-order valence-electron chi connectivity index (χ1n) is 10.5. The number of rotatable bonds is 6. The summed E-state index contributed by atoms with van der Waals surface area (Å²) in [5.74, 6) is 0. The number of hydrogen-bond acceptors (Lipinski definition) is 3. The molecular weight excluding hydrogens is 376 g/mol. The predicted molar refractivity (Wildman–Crippen MR) is 118 cm³/mol. The van der Waals surface area contributed by atoms with Crippen LogP contribution < -0.4 is 11.2 Å². The second-order valence-electron chi connectivity index (χ2n) is 8.23. The summed E-state index contributed by atoms with van der Waals surface area (Å²) < 4.78 is 7.76. The fourth-order valence-corrected chi connectivity index (χ4v) is 4.54. The minimum atomic E-state index is -0.410. The topological polar surface area (TPSA) is 64.1 Å². The van der Waals surface area contributed by atoms with Gasteiger partial charge in [-0.2, -0.15) is 0 Å². The Labute approximate surface area is 176 Å². The highest BCUT2D eigenvalue weighted by Gasteiger charge is 2.22. The average Bonchev–Trinajstić information content (AvgIpc) is 3.10. The van der Waals surface area contributed by atoms with Crippen molar-refractivity contribution >= 4 is 0 Å². The quantitative estimate of drug-likeness (QED) is 0.684. The normalized spacial score (nSPS) is 13.6. The molecule has 4 rings (SSSR count). The number of fused-ring (bicyclic) bond motifs is 1. The van der Waals surface area contributed by atoms with Crippen LogP contribution in [0.3, 0.4) is 0 Å². The standard InChI is InChI=1S/C25H28N2O3/c1-4-22-23(12-18-10-16(2)9-17(3)11-18)27(25(29)26-24(22)28)15-30-21-13-19-7-5-6-8-20(19)14-21/h5-11,21H,4,12-15H2,1-3H3,(H,26,28,29). The average molecular weight is 405 g/mol. The Kier molecular flexibility index (Phi) is 5.73. The molecule has 0 amide bonds. The number of nitrogens with one attached hydrogen (secondary N) is 1. The highest BCUT2D eigenvalue weighted by atomic mass is 16.5. The van der Waals surface area contributed by atoms with Crippen LogP contribution in [0.4, 0.5) is 0 Å². The molecule has 156 valence electrons. The highest BCUT2D eigenvalue weighted by molar-refractivity contribution is 5.34. The second kappa shape index (κ2) is 8.44. The van der Waals surface area contributed by atoms with Crippen LogP contribution in [0.5, 0.6) is 0 Å². The SMILES string of the molecule is CCc1c(Cc2cc(C)cc(C)c2)n(COC2Cc3ccccc3C2)c(=O)[nH]c1=O. The predicted octanol–water partition coefficient (Wildman–Crippen LogP) is 3.45. The van der Waals surface area contributed by atoms with Gasteiger partial charge in [0.05, 0.1) is 6.10 Å². The molecule has 1 heterocycles. The van der Waals surface area contributed by atoms with E-state index < -0.39 is 5.69 Å². The molecule has 0 fully saturated rings. The van der Waals surface area contributed by atoms with Crippen molar-refractivity contribution in [1.29, 1.82) is 0 Å². The van der Waals surface area contributed by atoms with E-state index in [1.54, 1.807) is 4.57 Å². The lowest BCUT2D eigenvalue weighted by Gasteiger charge is -2.18. The maximum absolute atomic E-state index is 12.7. The van der Waals surface area contributed by atoms with Gasteiger partial charge in [0.25, 0.3) is 5.56 Å². The van der Waals surface area contributed by atoms with E-state index in [0.717, 1.165) is 24.1 Å². The van der Waals surface area contributed by atoms with E-state index in [-0.39, 0.29) is 18.4 Å². The fourth-order valence-electron chi connectivity index (χ4n) is 4.54. The lowest BCUT2D eigenvalue weighted by Crippen LogP contribution is -2.37. The lowest BCUT2D eigenvalue weighted by atomic mass is 10.0. The van der Waals surface area contributed by atoms with E-state index >= 15 is 0 Å². The first-order valence-corrected chi connectivity index (χ1v) is 10.5. The molecular formula is C25H28N2O3. The molecule has 0 bridgehead atoms. The minimum Gasteiger partial charge on any atom is -0.357 e. The van der Waals surface area contributed by atoms with Crippen LogP contribution in [-0.2, 0) is 37.2 Å². The maximum Gasteiger partial charge on any atom is 0.330 e. The zero-order chi connectivity index (χ0) is 21.3. The van der Waals surface area contributed by atoms with Crippen LogP contribution in [0.1, 0.15) is 46.0 Å². The van der Waals surface area contributed by atoms with E-state index in [1.165, 1.54) is 22.3 Å². The number of ether oxygens (including phenoxy) is 1. The molecule has 0 atom stereocenters. The molecule has 1 N–H and O–H groups in total. The smallest absolute Gasteiger partial charge is 0.330 e. The molecule has 30 heavy (non-hydrogen) atoms. The monoisotopic (exact) mass is 404 g/mol.